The van der Waals surface area contributed by atoms with Crippen molar-refractivity contribution in [2.75, 3.05) is 23.2 Å². The van der Waals surface area contributed by atoms with Gasteiger partial charge in [0.15, 0.2) is 5.13 Å². The van der Waals surface area contributed by atoms with Gasteiger partial charge in [0, 0.05) is 23.8 Å². The van der Waals surface area contributed by atoms with Gasteiger partial charge < -0.3 is 15.5 Å². The number of aliphatic hydroxyl groups excluding tert-OH is 2. The molecule has 0 bridgehead atoms. The van der Waals surface area contributed by atoms with Crippen molar-refractivity contribution in [1.82, 2.24) is 4.98 Å². The highest BCUT2D eigenvalue weighted by atomic mass is 32.2. The summed E-state index contributed by atoms with van der Waals surface area (Å²) in [4.78, 5) is 3.98. The van der Waals surface area contributed by atoms with Crippen LogP contribution in [0, 0.1) is 0 Å². The van der Waals surface area contributed by atoms with Crippen molar-refractivity contribution >= 4 is 32.2 Å². The molecule has 0 aliphatic carbocycles. The summed E-state index contributed by atoms with van der Waals surface area (Å²) in [6, 6.07) is 6.06. The molecule has 0 saturated carbocycles. The maximum atomic E-state index is 12.1. The van der Waals surface area contributed by atoms with Gasteiger partial charge in [-0.25, -0.2) is 13.4 Å². The molecule has 114 valence electrons. The Morgan fingerprint density at radius 2 is 2.00 bits per heavy atom. The van der Waals surface area contributed by atoms with Crippen LogP contribution in [-0.2, 0) is 10.0 Å². The molecule has 0 aliphatic rings. The predicted octanol–water partition coefficient (Wildman–Crippen LogP) is 0.709. The Labute approximate surface area is 126 Å². The highest BCUT2D eigenvalue weighted by Gasteiger charge is 2.15. The Morgan fingerprint density at radius 3 is 2.57 bits per heavy atom. The van der Waals surface area contributed by atoms with E-state index in [4.69, 9.17) is 5.11 Å². The van der Waals surface area contributed by atoms with E-state index in [-0.39, 0.29) is 18.0 Å². The van der Waals surface area contributed by atoms with Gasteiger partial charge in [-0.3, -0.25) is 4.72 Å². The van der Waals surface area contributed by atoms with Crippen LogP contribution in [0.15, 0.2) is 40.7 Å². The number of sulfonamides is 1. The molecule has 1 aromatic carbocycles. The zero-order valence-electron chi connectivity index (χ0n) is 10.9. The molecule has 1 atom stereocenters. The molecular formula is C12H15N3O4S2. The molecule has 0 amide bonds. The molecule has 2 aromatic rings. The zero-order valence-corrected chi connectivity index (χ0v) is 12.6. The number of rotatable bonds is 7. The fourth-order valence-electron chi connectivity index (χ4n) is 1.50. The van der Waals surface area contributed by atoms with E-state index in [0.29, 0.717) is 10.8 Å². The van der Waals surface area contributed by atoms with Crippen molar-refractivity contribution in [3.8, 4) is 0 Å². The first-order chi connectivity index (χ1) is 10.0. The van der Waals surface area contributed by atoms with Gasteiger partial charge in [0.25, 0.3) is 10.0 Å². The van der Waals surface area contributed by atoms with E-state index in [1.54, 1.807) is 17.5 Å². The standard InChI is InChI=1S/C12H15N3O4S2/c16-8-10(17)7-14-9-1-3-11(4-2-9)21(18,19)15-12-13-5-6-20-12/h1-6,10,14,16-17H,7-8H2,(H,13,15). The van der Waals surface area contributed by atoms with Crippen LogP contribution in [0.4, 0.5) is 10.8 Å². The number of hydrogen-bond donors (Lipinski definition) is 4. The van der Waals surface area contributed by atoms with Gasteiger partial charge in [0.05, 0.1) is 17.6 Å². The van der Waals surface area contributed by atoms with Crippen LogP contribution in [0.3, 0.4) is 0 Å². The molecule has 1 heterocycles. The Balaban J connectivity index is 2.04. The van der Waals surface area contributed by atoms with Crippen LogP contribution in [-0.4, -0.2) is 42.9 Å². The van der Waals surface area contributed by atoms with Gasteiger partial charge in [-0.05, 0) is 24.3 Å². The summed E-state index contributed by atoms with van der Waals surface area (Å²) in [5.41, 5.74) is 0.649. The summed E-state index contributed by atoms with van der Waals surface area (Å²) >= 11 is 1.20. The fraction of sp³-hybridized carbons (Fsp3) is 0.250. The van der Waals surface area contributed by atoms with Crippen LogP contribution >= 0.6 is 11.3 Å². The number of anilines is 2. The van der Waals surface area contributed by atoms with Crippen LogP contribution in [0.1, 0.15) is 0 Å². The average molecular weight is 329 g/mol. The first kappa shape index (κ1) is 15.7. The Kier molecular flexibility index (Phi) is 5.12. The van der Waals surface area contributed by atoms with E-state index in [0.717, 1.165) is 0 Å². The van der Waals surface area contributed by atoms with Gasteiger partial charge in [0.2, 0.25) is 0 Å². The summed E-state index contributed by atoms with van der Waals surface area (Å²) in [5.74, 6) is 0. The van der Waals surface area contributed by atoms with E-state index >= 15 is 0 Å². The maximum Gasteiger partial charge on any atom is 0.263 e. The van der Waals surface area contributed by atoms with Crippen molar-refractivity contribution < 1.29 is 18.6 Å². The summed E-state index contributed by atoms with van der Waals surface area (Å²) in [6.07, 6.45) is 0.655. The lowest BCUT2D eigenvalue weighted by Crippen LogP contribution is -2.22. The molecular weight excluding hydrogens is 314 g/mol. The van der Waals surface area contributed by atoms with Crippen molar-refractivity contribution in [2.45, 2.75) is 11.0 Å². The van der Waals surface area contributed by atoms with Crippen LogP contribution < -0.4 is 10.0 Å². The first-order valence-corrected chi connectivity index (χ1v) is 8.43. The Morgan fingerprint density at radius 1 is 1.29 bits per heavy atom. The Bertz CT molecular complexity index is 656. The quantitative estimate of drug-likeness (QED) is 0.595. The minimum absolute atomic E-state index is 0.117. The average Bonchev–Trinajstić information content (AvgIpc) is 2.97. The normalized spacial score (nSPS) is 12.9. The van der Waals surface area contributed by atoms with E-state index in [1.165, 1.54) is 29.7 Å². The van der Waals surface area contributed by atoms with Crippen molar-refractivity contribution in [2.24, 2.45) is 0 Å². The molecule has 4 N–H and O–H groups in total. The molecule has 21 heavy (non-hydrogen) atoms. The monoisotopic (exact) mass is 329 g/mol. The summed E-state index contributed by atoms with van der Waals surface area (Å²) in [6.45, 7) is -0.156. The lowest BCUT2D eigenvalue weighted by atomic mass is 10.3. The third kappa shape index (κ3) is 4.39. The number of hydrogen-bond acceptors (Lipinski definition) is 7. The summed E-state index contributed by atoms with van der Waals surface area (Å²) in [5, 5.41) is 22.8. The number of nitrogens with zero attached hydrogens (tertiary/aromatic N) is 1. The summed E-state index contributed by atoms with van der Waals surface area (Å²) in [7, 11) is -3.66. The molecule has 0 fully saturated rings. The lowest BCUT2D eigenvalue weighted by molar-refractivity contribution is 0.105. The molecule has 0 spiro atoms. The maximum absolute atomic E-state index is 12.1. The molecule has 0 saturated heterocycles. The van der Waals surface area contributed by atoms with Gasteiger partial charge >= 0.3 is 0 Å². The molecule has 2 rings (SSSR count). The van der Waals surface area contributed by atoms with Crippen molar-refractivity contribution in [1.29, 1.82) is 0 Å². The van der Waals surface area contributed by atoms with Crippen molar-refractivity contribution in [3.05, 3.63) is 35.8 Å². The van der Waals surface area contributed by atoms with Gasteiger partial charge in [0.1, 0.15) is 0 Å². The van der Waals surface area contributed by atoms with Gasteiger partial charge in [-0.2, -0.15) is 0 Å². The number of nitrogens with one attached hydrogen (secondary N) is 2. The highest BCUT2D eigenvalue weighted by molar-refractivity contribution is 7.93. The predicted molar refractivity (Wildman–Crippen MR) is 80.9 cm³/mol. The minimum atomic E-state index is -3.66. The highest BCUT2D eigenvalue weighted by Crippen LogP contribution is 2.19. The van der Waals surface area contributed by atoms with E-state index in [1.807, 2.05) is 0 Å². The molecule has 9 heteroatoms. The molecule has 1 aromatic heterocycles. The lowest BCUT2D eigenvalue weighted by Gasteiger charge is -2.11. The summed E-state index contributed by atoms with van der Waals surface area (Å²) < 4.78 is 26.6. The third-order valence-corrected chi connectivity index (χ3v) is 4.74. The SMILES string of the molecule is O=S(=O)(Nc1nccs1)c1ccc(NCC(O)CO)cc1. The molecule has 0 radical (unpaired) electrons. The van der Waals surface area contributed by atoms with Crippen LogP contribution in [0.5, 0.6) is 0 Å². The first-order valence-electron chi connectivity index (χ1n) is 6.06. The van der Waals surface area contributed by atoms with E-state index < -0.39 is 16.1 Å². The van der Waals surface area contributed by atoms with Gasteiger partial charge in [-0.15, -0.1) is 11.3 Å². The number of aromatic nitrogens is 1. The second kappa shape index (κ2) is 6.85. The Hall–Kier alpha value is -1.68. The molecule has 7 nitrogen and oxygen atoms in total. The fourth-order valence-corrected chi connectivity index (χ4v) is 3.29. The molecule has 1 unspecified atom stereocenters. The number of benzene rings is 1. The molecule has 0 aliphatic heterocycles. The van der Waals surface area contributed by atoms with Gasteiger partial charge in [-0.1, -0.05) is 0 Å². The van der Waals surface area contributed by atoms with Crippen LogP contribution in [0.2, 0.25) is 0 Å². The van der Waals surface area contributed by atoms with Crippen LogP contribution in [0.25, 0.3) is 0 Å². The second-order valence-electron chi connectivity index (χ2n) is 4.18. The third-order valence-electron chi connectivity index (χ3n) is 2.57. The number of thiazole rings is 1. The smallest absolute Gasteiger partial charge is 0.263 e. The van der Waals surface area contributed by atoms with E-state index in [2.05, 4.69) is 15.0 Å². The zero-order chi connectivity index (χ0) is 15.3. The second-order valence-corrected chi connectivity index (χ2v) is 6.76. The van der Waals surface area contributed by atoms with E-state index in [9.17, 15) is 13.5 Å². The minimum Gasteiger partial charge on any atom is -0.394 e. The van der Waals surface area contributed by atoms with Crippen molar-refractivity contribution in [3.63, 3.8) is 0 Å². The largest absolute Gasteiger partial charge is 0.394 e. The number of aliphatic hydroxyl groups is 2. The topological polar surface area (TPSA) is 112 Å².